The molecule has 0 amide bonds. The quantitative estimate of drug-likeness (QED) is 0.680. The van der Waals surface area contributed by atoms with E-state index < -0.39 is 0 Å². The van der Waals surface area contributed by atoms with Gasteiger partial charge in [-0.3, -0.25) is 0 Å². The summed E-state index contributed by atoms with van der Waals surface area (Å²) in [6.45, 7) is 8.82. The third-order valence-electron chi connectivity index (χ3n) is 2.29. The first-order chi connectivity index (χ1) is 7.14. The van der Waals surface area contributed by atoms with Crippen molar-refractivity contribution in [2.75, 3.05) is 31.2 Å². The van der Waals surface area contributed by atoms with E-state index in [2.05, 4.69) is 12.2 Å². The van der Waals surface area contributed by atoms with Crippen molar-refractivity contribution in [3.05, 3.63) is 0 Å². The van der Waals surface area contributed by atoms with Crippen molar-refractivity contribution in [1.29, 1.82) is 0 Å². The van der Waals surface area contributed by atoms with Gasteiger partial charge in [-0.2, -0.15) is 11.8 Å². The second kappa shape index (κ2) is 6.74. The third kappa shape index (κ3) is 5.76. The van der Waals surface area contributed by atoms with Crippen LogP contribution >= 0.6 is 11.8 Å². The molecule has 90 valence electrons. The summed E-state index contributed by atoms with van der Waals surface area (Å²) in [7, 11) is 0. The molecule has 3 nitrogen and oxygen atoms in total. The Hall–Kier alpha value is 0.230. The summed E-state index contributed by atoms with van der Waals surface area (Å²) in [6, 6.07) is 0. The van der Waals surface area contributed by atoms with E-state index in [-0.39, 0.29) is 11.9 Å². The van der Waals surface area contributed by atoms with Crippen molar-refractivity contribution in [3.8, 4) is 0 Å². The molecule has 1 heterocycles. The fourth-order valence-corrected chi connectivity index (χ4v) is 2.21. The lowest BCUT2D eigenvalue weighted by molar-refractivity contribution is -0.137. The second-order valence-electron chi connectivity index (χ2n) is 4.21. The van der Waals surface area contributed by atoms with Crippen LogP contribution in [0.5, 0.6) is 0 Å². The Kier molecular flexibility index (Phi) is 5.97. The van der Waals surface area contributed by atoms with Gasteiger partial charge in [-0.25, -0.2) is 0 Å². The molecule has 1 N–H and O–H groups in total. The number of ether oxygens (including phenoxy) is 2. The molecule has 0 spiro atoms. The van der Waals surface area contributed by atoms with Crippen LogP contribution in [0.3, 0.4) is 0 Å². The molecular formula is C11H23NO2S. The minimum absolute atomic E-state index is 0.221. The largest absolute Gasteiger partial charge is 0.348 e. The molecule has 1 atom stereocenters. The highest BCUT2D eigenvalue weighted by atomic mass is 32.2. The van der Waals surface area contributed by atoms with Gasteiger partial charge in [0, 0.05) is 6.54 Å². The summed E-state index contributed by atoms with van der Waals surface area (Å²) < 4.78 is 11.2. The van der Waals surface area contributed by atoms with Crippen LogP contribution in [-0.4, -0.2) is 43.1 Å². The van der Waals surface area contributed by atoms with Gasteiger partial charge in [-0.1, -0.05) is 6.92 Å². The molecule has 1 fully saturated rings. The lowest BCUT2D eigenvalue weighted by Gasteiger charge is -2.17. The topological polar surface area (TPSA) is 30.5 Å². The zero-order chi connectivity index (χ0) is 11.1. The normalized spacial score (nSPS) is 24.6. The van der Waals surface area contributed by atoms with Crippen molar-refractivity contribution < 1.29 is 9.47 Å². The minimum Gasteiger partial charge on any atom is -0.348 e. The van der Waals surface area contributed by atoms with Gasteiger partial charge in [-0.15, -0.1) is 0 Å². The van der Waals surface area contributed by atoms with Gasteiger partial charge < -0.3 is 14.8 Å². The van der Waals surface area contributed by atoms with Crippen LogP contribution in [0, 0.1) is 0 Å². The highest BCUT2D eigenvalue weighted by molar-refractivity contribution is 7.99. The summed E-state index contributed by atoms with van der Waals surface area (Å²) in [5, 5.41) is 3.41. The molecule has 15 heavy (non-hydrogen) atoms. The molecule has 0 aromatic heterocycles. The lowest BCUT2D eigenvalue weighted by atomic mass is 10.3. The number of rotatable bonds is 7. The second-order valence-corrected chi connectivity index (χ2v) is 5.60. The van der Waals surface area contributed by atoms with Gasteiger partial charge in [0.15, 0.2) is 5.79 Å². The Bertz CT molecular complexity index is 176. The van der Waals surface area contributed by atoms with E-state index in [1.807, 2.05) is 25.6 Å². The van der Waals surface area contributed by atoms with E-state index >= 15 is 0 Å². The molecule has 1 aliphatic heterocycles. The summed E-state index contributed by atoms with van der Waals surface area (Å²) in [4.78, 5) is 0. The predicted octanol–water partition coefficient (Wildman–Crippen LogP) is 1.87. The Balaban J connectivity index is 1.93. The fraction of sp³-hybridized carbons (Fsp3) is 1.00. The number of thioether (sulfide) groups is 1. The van der Waals surface area contributed by atoms with Crippen LogP contribution in [-0.2, 0) is 9.47 Å². The van der Waals surface area contributed by atoms with E-state index in [4.69, 9.17) is 9.47 Å². The van der Waals surface area contributed by atoms with E-state index in [9.17, 15) is 0 Å². The molecular weight excluding hydrogens is 210 g/mol. The van der Waals surface area contributed by atoms with E-state index in [0.29, 0.717) is 6.61 Å². The predicted molar refractivity (Wildman–Crippen MR) is 65.4 cm³/mol. The Morgan fingerprint density at radius 3 is 2.87 bits per heavy atom. The van der Waals surface area contributed by atoms with Crippen LogP contribution in [0.1, 0.15) is 27.2 Å². The molecule has 1 rings (SSSR count). The first-order valence-electron chi connectivity index (χ1n) is 5.74. The maximum atomic E-state index is 5.69. The Labute approximate surface area is 97.3 Å². The summed E-state index contributed by atoms with van der Waals surface area (Å²) in [5.41, 5.74) is 0. The third-order valence-corrected chi connectivity index (χ3v) is 3.27. The van der Waals surface area contributed by atoms with Crippen LogP contribution in [0.15, 0.2) is 0 Å². The van der Waals surface area contributed by atoms with Gasteiger partial charge in [0.25, 0.3) is 0 Å². The van der Waals surface area contributed by atoms with Gasteiger partial charge in [0.1, 0.15) is 0 Å². The highest BCUT2D eigenvalue weighted by Gasteiger charge is 2.31. The van der Waals surface area contributed by atoms with Crippen molar-refractivity contribution >= 4 is 11.8 Å². The Morgan fingerprint density at radius 1 is 1.47 bits per heavy atom. The smallest absolute Gasteiger partial charge is 0.163 e. The number of hydrogen-bond donors (Lipinski definition) is 1. The maximum absolute atomic E-state index is 5.69. The van der Waals surface area contributed by atoms with Crippen molar-refractivity contribution in [2.45, 2.75) is 39.1 Å². The summed E-state index contributed by atoms with van der Waals surface area (Å²) >= 11 is 1.99. The molecule has 0 aromatic rings. The molecule has 0 aliphatic carbocycles. The summed E-state index contributed by atoms with van der Waals surface area (Å²) in [6.07, 6.45) is 1.45. The van der Waals surface area contributed by atoms with Gasteiger partial charge in [0.2, 0.25) is 0 Å². The molecule has 0 bridgehead atoms. The molecule has 0 radical (unpaired) electrons. The fourth-order valence-electron chi connectivity index (χ4n) is 1.57. The van der Waals surface area contributed by atoms with E-state index in [1.54, 1.807) is 0 Å². The first kappa shape index (κ1) is 13.3. The molecule has 1 saturated heterocycles. The first-order valence-corrected chi connectivity index (χ1v) is 6.90. The van der Waals surface area contributed by atoms with E-state index in [1.165, 1.54) is 17.9 Å². The number of hydrogen-bond acceptors (Lipinski definition) is 4. The van der Waals surface area contributed by atoms with Crippen molar-refractivity contribution in [3.63, 3.8) is 0 Å². The van der Waals surface area contributed by atoms with Gasteiger partial charge >= 0.3 is 0 Å². The summed E-state index contributed by atoms with van der Waals surface area (Å²) in [5.74, 6) is 2.08. The average molecular weight is 233 g/mol. The molecule has 1 aliphatic rings. The standard InChI is InChI=1S/C11H23NO2S/c1-4-15-7-5-6-12-8-10-9-13-11(2,3)14-10/h10,12H,4-9H2,1-3H3. The zero-order valence-electron chi connectivity index (χ0n) is 10.0. The zero-order valence-corrected chi connectivity index (χ0v) is 10.9. The maximum Gasteiger partial charge on any atom is 0.163 e. The molecule has 1 unspecified atom stereocenters. The average Bonchev–Trinajstić information content (AvgIpc) is 2.52. The van der Waals surface area contributed by atoms with Crippen LogP contribution in [0.2, 0.25) is 0 Å². The van der Waals surface area contributed by atoms with Crippen LogP contribution < -0.4 is 5.32 Å². The highest BCUT2D eigenvalue weighted by Crippen LogP contribution is 2.21. The molecule has 0 aromatic carbocycles. The van der Waals surface area contributed by atoms with Crippen molar-refractivity contribution in [1.82, 2.24) is 5.32 Å². The minimum atomic E-state index is -0.385. The lowest BCUT2D eigenvalue weighted by Crippen LogP contribution is -2.31. The van der Waals surface area contributed by atoms with E-state index in [0.717, 1.165) is 13.1 Å². The SMILES string of the molecule is CCSCCCNCC1COC(C)(C)O1. The number of nitrogens with one attached hydrogen (secondary N) is 1. The van der Waals surface area contributed by atoms with Crippen LogP contribution in [0.4, 0.5) is 0 Å². The van der Waals surface area contributed by atoms with Gasteiger partial charge in [0.05, 0.1) is 12.7 Å². The van der Waals surface area contributed by atoms with Gasteiger partial charge in [-0.05, 0) is 38.3 Å². The molecule has 0 saturated carbocycles. The Morgan fingerprint density at radius 2 is 2.27 bits per heavy atom. The van der Waals surface area contributed by atoms with Crippen LogP contribution in [0.25, 0.3) is 0 Å². The van der Waals surface area contributed by atoms with Crippen molar-refractivity contribution in [2.24, 2.45) is 0 Å². The monoisotopic (exact) mass is 233 g/mol. The molecule has 4 heteroatoms.